The zero-order valence-corrected chi connectivity index (χ0v) is 14.8. The number of carbonyl (C=O) groups excluding carboxylic acids is 1. The van der Waals surface area contributed by atoms with E-state index >= 15 is 0 Å². The minimum absolute atomic E-state index is 0.0535. The van der Waals surface area contributed by atoms with Crippen molar-refractivity contribution in [1.82, 2.24) is 20.1 Å². The van der Waals surface area contributed by atoms with Crippen LogP contribution in [0.2, 0.25) is 0 Å². The highest BCUT2D eigenvalue weighted by atomic mass is 32.2. The monoisotopic (exact) mass is 351 g/mol. The zero-order valence-electron chi connectivity index (χ0n) is 14.0. The van der Waals surface area contributed by atoms with Crippen LogP contribution in [0.1, 0.15) is 26.6 Å². The summed E-state index contributed by atoms with van der Waals surface area (Å²) in [6.45, 7) is 5.96. The third-order valence-electron chi connectivity index (χ3n) is 3.24. The molecule has 6 nitrogen and oxygen atoms in total. The first-order valence-corrected chi connectivity index (χ1v) is 8.68. The summed E-state index contributed by atoms with van der Waals surface area (Å²) < 4.78 is 15.9. The number of aromatic nitrogens is 3. The number of halogens is 1. The van der Waals surface area contributed by atoms with E-state index < -0.39 is 0 Å². The average molecular weight is 351 g/mol. The number of nitrogens with one attached hydrogen (secondary N) is 1. The smallest absolute Gasteiger partial charge is 0.233 e. The second-order valence-electron chi connectivity index (χ2n) is 5.65. The fourth-order valence-corrected chi connectivity index (χ4v) is 3.04. The Morgan fingerprint density at radius 3 is 2.67 bits per heavy atom. The van der Waals surface area contributed by atoms with Gasteiger partial charge in [0.1, 0.15) is 11.6 Å². The van der Waals surface area contributed by atoms with Crippen LogP contribution in [0.4, 0.5) is 4.39 Å². The van der Waals surface area contributed by atoms with E-state index in [2.05, 4.69) is 15.5 Å². The van der Waals surface area contributed by atoms with Crippen LogP contribution in [0.5, 0.6) is 0 Å². The topological polar surface area (TPSA) is 85.8 Å². The molecule has 130 valence electrons. The van der Waals surface area contributed by atoms with Crippen molar-refractivity contribution >= 4 is 17.7 Å². The Hall–Kier alpha value is -1.93. The van der Waals surface area contributed by atoms with Gasteiger partial charge in [-0.1, -0.05) is 23.9 Å². The third kappa shape index (κ3) is 4.33. The van der Waals surface area contributed by atoms with Crippen molar-refractivity contribution in [3.8, 4) is 5.69 Å². The molecule has 0 aliphatic carbocycles. The predicted molar refractivity (Wildman–Crippen MR) is 92.7 cm³/mol. The molecule has 2 aromatic rings. The summed E-state index contributed by atoms with van der Waals surface area (Å²) in [7, 11) is 0. The lowest BCUT2D eigenvalue weighted by atomic mass is 10.3. The Balaban J connectivity index is 2.34. The van der Waals surface area contributed by atoms with Crippen LogP contribution in [0.3, 0.4) is 0 Å². The highest BCUT2D eigenvalue weighted by Crippen LogP contribution is 2.27. The van der Waals surface area contributed by atoms with Crippen LogP contribution in [-0.4, -0.2) is 38.5 Å². The number of carbonyl (C=O) groups is 1. The van der Waals surface area contributed by atoms with Gasteiger partial charge in [0.05, 0.1) is 10.9 Å². The highest BCUT2D eigenvalue weighted by Gasteiger charge is 2.22. The molecule has 1 atom stereocenters. The van der Waals surface area contributed by atoms with Crippen molar-refractivity contribution in [3.05, 3.63) is 35.9 Å². The first-order chi connectivity index (χ1) is 11.4. The maximum absolute atomic E-state index is 14.2. The van der Waals surface area contributed by atoms with Gasteiger partial charge < -0.3 is 11.1 Å². The molecule has 0 aliphatic heterocycles. The molecular formula is C16H22FN5OS. The van der Waals surface area contributed by atoms with E-state index in [1.807, 2.05) is 13.8 Å². The molecule has 3 N–H and O–H groups in total. The molecule has 0 radical (unpaired) electrons. The summed E-state index contributed by atoms with van der Waals surface area (Å²) in [5, 5.41) is 11.2. The lowest BCUT2D eigenvalue weighted by Crippen LogP contribution is -2.36. The van der Waals surface area contributed by atoms with E-state index in [9.17, 15) is 9.18 Å². The number of amides is 1. The minimum Gasteiger partial charge on any atom is -0.353 e. The molecule has 0 spiro atoms. The summed E-state index contributed by atoms with van der Waals surface area (Å²) in [5.74, 6) is 0.0942. The largest absolute Gasteiger partial charge is 0.353 e. The molecule has 1 heterocycles. The predicted octanol–water partition coefficient (Wildman–Crippen LogP) is 1.91. The molecule has 0 aliphatic rings. The molecule has 8 heteroatoms. The van der Waals surface area contributed by atoms with Crippen molar-refractivity contribution in [1.29, 1.82) is 0 Å². The van der Waals surface area contributed by atoms with Gasteiger partial charge in [-0.2, -0.15) is 0 Å². The number of thioether (sulfide) groups is 1. The molecule has 1 aromatic carbocycles. The van der Waals surface area contributed by atoms with Gasteiger partial charge in [-0.05, 0) is 39.4 Å². The lowest BCUT2D eigenvalue weighted by Gasteiger charge is -2.15. The summed E-state index contributed by atoms with van der Waals surface area (Å²) in [6.07, 6.45) is 0.467. The van der Waals surface area contributed by atoms with E-state index in [-0.39, 0.29) is 23.0 Å². The summed E-state index contributed by atoms with van der Waals surface area (Å²) in [6, 6.07) is 6.45. The van der Waals surface area contributed by atoms with Crippen molar-refractivity contribution < 1.29 is 9.18 Å². The molecular weight excluding hydrogens is 329 g/mol. The molecule has 1 unspecified atom stereocenters. The molecule has 2 rings (SSSR count). The molecule has 0 saturated heterocycles. The van der Waals surface area contributed by atoms with Gasteiger partial charge in [-0.3, -0.25) is 9.36 Å². The summed E-state index contributed by atoms with van der Waals surface area (Å²) >= 11 is 1.24. The van der Waals surface area contributed by atoms with Crippen LogP contribution in [0, 0.1) is 5.82 Å². The number of para-hydroxylation sites is 1. The number of rotatable bonds is 7. The van der Waals surface area contributed by atoms with E-state index in [0.717, 1.165) is 0 Å². The molecule has 1 aromatic heterocycles. The quantitative estimate of drug-likeness (QED) is 0.744. The Kier molecular flexibility index (Phi) is 6.33. The minimum atomic E-state index is -0.382. The maximum atomic E-state index is 14.2. The number of hydrogen-bond donors (Lipinski definition) is 2. The van der Waals surface area contributed by atoms with Crippen LogP contribution >= 0.6 is 11.8 Å². The van der Waals surface area contributed by atoms with E-state index in [4.69, 9.17) is 5.73 Å². The van der Waals surface area contributed by atoms with Gasteiger partial charge in [0.15, 0.2) is 5.16 Å². The van der Waals surface area contributed by atoms with Gasteiger partial charge in [0.2, 0.25) is 5.91 Å². The van der Waals surface area contributed by atoms with Crippen LogP contribution in [-0.2, 0) is 11.2 Å². The molecule has 1 amide bonds. The second-order valence-corrected chi connectivity index (χ2v) is 6.96. The number of benzene rings is 1. The molecule has 0 saturated carbocycles. The van der Waals surface area contributed by atoms with Crippen molar-refractivity contribution in [2.45, 2.75) is 43.6 Å². The van der Waals surface area contributed by atoms with Crippen molar-refractivity contribution in [2.24, 2.45) is 5.73 Å². The highest BCUT2D eigenvalue weighted by molar-refractivity contribution is 8.00. The Morgan fingerprint density at radius 2 is 2.04 bits per heavy atom. The maximum Gasteiger partial charge on any atom is 0.233 e. The number of nitrogens with zero attached hydrogens (tertiary/aromatic N) is 3. The van der Waals surface area contributed by atoms with Gasteiger partial charge >= 0.3 is 0 Å². The second kappa shape index (κ2) is 8.25. The van der Waals surface area contributed by atoms with Gasteiger partial charge in [-0.25, -0.2) is 4.39 Å². The number of nitrogens with two attached hydrogens (primary N) is 1. The van der Waals surface area contributed by atoms with E-state index in [1.165, 1.54) is 17.8 Å². The van der Waals surface area contributed by atoms with Crippen molar-refractivity contribution in [3.63, 3.8) is 0 Å². The average Bonchev–Trinajstić information content (AvgIpc) is 2.90. The first-order valence-electron chi connectivity index (χ1n) is 7.80. The summed E-state index contributed by atoms with van der Waals surface area (Å²) in [5.41, 5.74) is 5.97. The summed E-state index contributed by atoms with van der Waals surface area (Å²) in [4.78, 5) is 12.1. The standard InChI is InChI=1S/C16H22FN5OS/c1-10(2)19-15(23)11(3)24-16-21-20-14(8-9-18)22(16)13-7-5-4-6-12(13)17/h4-7,10-11H,8-9,18H2,1-3H3,(H,19,23). The van der Waals surface area contributed by atoms with Crippen LogP contribution < -0.4 is 11.1 Å². The SMILES string of the molecule is CC(C)NC(=O)C(C)Sc1nnc(CCN)n1-c1ccccc1F. The van der Waals surface area contributed by atoms with Crippen molar-refractivity contribution in [2.75, 3.05) is 6.54 Å². The van der Waals surface area contributed by atoms with Gasteiger partial charge in [0, 0.05) is 12.5 Å². The third-order valence-corrected chi connectivity index (χ3v) is 4.29. The Labute approximate surface area is 145 Å². The molecule has 0 fully saturated rings. The fraction of sp³-hybridized carbons (Fsp3) is 0.438. The van der Waals surface area contributed by atoms with Gasteiger partial charge in [-0.15, -0.1) is 10.2 Å². The normalized spacial score (nSPS) is 12.4. The zero-order chi connectivity index (χ0) is 17.7. The van der Waals surface area contributed by atoms with Crippen LogP contribution in [0.25, 0.3) is 5.69 Å². The molecule has 24 heavy (non-hydrogen) atoms. The fourth-order valence-electron chi connectivity index (χ4n) is 2.16. The molecule has 0 bridgehead atoms. The van der Waals surface area contributed by atoms with Gasteiger partial charge in [0.25, 0.3) is 0 Å². The van der Waals surface area contributed by atoms with E-state index in [0.29, 0.717) is 29.6 Å². The first kappa shape index (κ1) is 18.4. The Morgan fingerprint density at radius 1 is 1.33 bits per heavy atom. The lowest BCUT2D eigenvalue weighted by molar-refractivity contribution is -0.120. The van der Waals surface area contributed by atoms with E-state index in [1.54, 1.807) is 29.7 Å². The number of hydrogen-bond acceptors (Lipinski definition) is 5. The Bertz CT molecular complexity index is 704. The van der Waals surface area contributed by atoms with Crippen LogP contribution in [0.15, 0.2) is 29.4 Å².